The molecule has 0 aliphatic heterocycles. The van der Waals surface area contributed by atoms with E-state index in [-0.39, 0.29) is 12.4 Å². The van der Waals surface area contributed by atoms with E-state index in [2.05, 4.69) is 66.0 Å². The minimum Gasteiger partial charge on any atom is -0.367 e. The minimum atomic E-state index is -0.434. The van der Waals surface area contributed by atoms with Crippen molar-refractivity contribution in [2.75, 3.05) is 20.2 Å². The normalized spacial score (nSPS) is 14.5. The van der Waals surface area contributed by atoms with Gasteiger partial charge in [-0.1, -0.05) is 92.8 Å². The number of unbranched alkanes of at least 4 members (excludes halogenated alkanes) is 1. The molecule has 0 aromatic heterocycles. The topological polar surface area (TPSA) is 21.3 Å². The van der Waals surface area contributed by atoms with Crippen LogP contribution in [-0.4, -0.2) is 20.2 Å². The van der Waals surface area contributed by atoms with E-state index in [0.717, 1.165) is 19.0 Å². The summed E-state index contributed by atoms with van der Waals surface area (Å²) in [5, 5.41) is 3.66. The predicted molar refractivity (Wildman–Crippen MR) is 112 cm³/mol. The second-order valence-corrected chi connectivity index (χ2v) is 7.23. The van der Waals surface area contributed by atoms with Gasteiger partial charge in [-0.25, -0.2) is 0 Å². The van der Waals surface area contributed by atoms with Gasteiger partial charge in [0.2, 0.25) is 0 Å². The maximum absolute atomic E-state index is 6.12. The lowest BCUT2D eigenvalue weighted by Crippen LogP contribution is -2.41. The van der Waals surface area contributed by atoms with Gasteiger partial charge in [-0.2, -0.15) is 0 Å². The largest absolute Gasteiger partial charge is 0.367 e. The fourth-order valence-electron chi connectivity index (χ4n) is 3.82. The van der Waals surface area contributed by atoms with Crippen LogP contribution in [0.2, 0.25) is 0 Å². The van der Waals surface area contributed by atoms with Crippen LogP contribution in [-0.2, 0) is 10.3 Å². The fourth-order valence-corrected chi connectivity index (χ4v) is 3.82. The summed E-state index contributed by atoms with van der Waals surface area (Å²) in [6.45, 7) is 1.85. The summed E-state index contributed by atoms with van der Waals surface area (Å²) in [6.07, 6.45) is 8.38. The Morgan fingerprint density at radius 3 is 1.96 bits per heavy atom. The summed E-state index contributed by atoms with van der Waals surface area (Å²) in [6, 6.07) is 21.1. The Labute approximate surface area is 164 Å². The lowest BCUT2D eigenvalue weighted by Gasteiger charge is -2.34. The van der Waals surface area contributed by atoms with Crippen LogP contribution in [0.3, 0.4) is 0 Å². The maximum Gasteiger partial charge on any atom is 0.130 e. The van der Waals surface area contributed by atoms with Crippen LogP contribution in [0.15, 0.2) is 60.7 Å². The van der Waals surface area contributed by atoms with E-state index >= 15 is 0 Å². The summed E-state index contributed by atoms with van der Waals surface area (Å²) in [5.41, 5.74) is 1.97. The first-order valence-electron chi connectivity index (χ1n) is 9.72. The molecule has 1 aliphatic carbocycles. The van der Waals surface area contributed by atoms with Gasteiger partial charge in [0, 0.05) is 13.7 Å². The van der Waals surface area contributed by atoms with Crippen LogP contribution >= 0.6 is 12.4 Å². The van der Waals surface area contributed by atoms with Crippen molar-refractivity contribution in [1.29, 1.82) is 0 Å². The van der Waals surface area contributed by atoms with Crippen molar-refractivity contribution in [3.05, 3.63) is 71.8 Å². The Morgan fingerprint density at radius 2 is 1.50 bits per heavy atom. The van der Waals surface area contributed by atoms with Crippen molar-refractivity contribution >= 4 is 12.4 Å². The molecule has 3 heteroatoms. The molecule has 1 N–H and O–H groups in total. The SMILES string of the molecule is COC(CNCCCCC1CCC1)(c1ccccc1)c1ccccc1.Cl. The Balaban J connectivity index is 0.00000243. The van der Waals surface area contributed by atoms with Gasteiger partial charge in [0.25, 0.3) is 0 Å². The molecule has 26 heavy (non-hydrogen) atoms. The molecule has 1 saturated carbocycles. The molecule has 0 amide bonds. The van der Waals surface area contributed by atoms with Crippen LogP contribution < -0.4 is 5.32 Å². The zero-order valence-electron chi connectivity index (χ0n) is 15.8. The van der Waals surface area contributed by atoms with Crippen molar-refractivity contribution in [2.45, 2.75) is 44.1 Å². The van der Waals surface area contributed by atoms with E-state index in [1.807, 2.05) is 7.11 Å². The summed E-state index contributed by atoms with van der Waals surface area (Å²) in [5.74, 6) is 1.02. The first kappa shape index (κ1) is 21.0. The number of hydrogen-bond donors (Lipinski definition) is 1. The molecule has 2 nitrogen and oxygen atoms in total. The zero-order chi connectivity index (χ0) is 17.4. The third-order valence-electron chi connectivity index (χ3n) is 5.64. The molecule has 0 radical (unpaired) electrons. The molecular formula is C23H32ClNO. The van der Waals surface area contributed by atoms with Gasteiger partial charge in [-0.3, -0.25) is 0 Å². The monoisotopic (exact) mass is 373 g/mol. The molecule has 0 spiro atoms. The molecule has 0 atom stereocenters. The third-order valence-corrected chi connectivity index (χ3v) is 5.64. The maximum atomic E-state index is 6.12. The molecule has 3 rings (SSSR count). The standard InChI is InChI=1S/C23H31NO.ClH/c1-25-23(21-14-4-2-5-15-21,22-16-6-3-7-17-22)19-24-18-9-8-11-20-12-10-13-20;/h2-7,14-17,20,24H,8-13,18-19H2,1H3;1H. The molecule has 0 bridgehead atoms. The summed E-state index contributed by atoms with van der Waals surface area (Å²) < 4.78 is 6.12. The third kappa shape index (κ3) is 5.09. The number of halogens is 1. The molecule has 1 fully saturated rings. The van der Waals surface area contributed by atoms with Gasteiger partial charge in [0.15, 0.2) is 0 Å². The molecule has 142 valence electrons. The zero-order valence-corrected chi connectivity index (χ0v) is 16.6. The van der Waals surface area contributed by atoms with E-state index in [0.29, 0.717) is 0 Å². The van der Waals surface area contributed by atoms with Gasteiger partial charge in [0.05, 0.1) is 0 Å². The van der Waals surface area contributed by atoms with Crippen LogP contribution in [0.25, 0.3) is 0 Å². The highest BCUT2D eigenvalue weighted by Gasteiger charge is 2.33. The number of benzene rings is 2. The van der Waals surface area contributed by atoms with Crippen molar-refractivity contribution in [3.8, 4) is 0 Å². The van der Waals surface area contributed by atoms with Crippen molar-refractivity contribution in [3.63, 3.8) is 0 Å². The first-order chi connectivity index (χ1) is 12.3. The van der Waals surface area contributed by atoms with Gasteiger partial charge >= 0.3 is 0 Å². The van der Waals surface area contributed by atoms with Crippen LogP contribution in [0.4, 0.5) is 0 Å². The minimum absolute atomic E-state index is 0. The van der Waals surface area contributed by atoms with Gasteiger partial charge in [-0.15, -0.1) is 12.4 Å². The Morgan fingerprint density at radius 1 is 0.923 bits per heavy atom. The van der Waals surface area contributed by atoms with E-state index < -0.39 is 5.60 Å². The second kappa shape index (κ2) is 10.7. The summed E-state index contributed by atoms with van der Waals surface area (Å²) in [4.78, 5) is 0. The van der Waals surface area contributed by atoms with Gasteiger partial charge in [0.1, 0.15) is 5.60 Å². The summed E-state index contributed by atoms with van der Waals surface area (Å²) in [7, 11) is 1.82. The Hall–Kier alpha value is -1.35. The van der Waals surface area contributed by atoms with Crippen molar-refractivity contribution < 1.29 is 4.74 Å². The number of nitrogens with one attached hydrogen (secondary N) is 1. The highest BCUT2D eigenvalue weighted by molar-refractivity contribution is 5.85. The van der Waals surface area contributed by atoms with Crippen LogP contribution in [0, 0.1) is 5.92 Å². The molecule has 2 aromatic rings. The average Bonchev–Trinajstić information content (AvgIpc) is 2.64. The highest BCUT2D eigenvalue weighted by atomic mass is 35.5. The van der Waals surface area contributed by atoms with Gasteiger partial charge in [-0.05, 0) is 30.0 Å². The van der Waals surface area contributed by atoms with Crippen LogP contribution in [0.5, 0.6) is 0 Å². The first-order valence-corrected chi connectivity index (χ1v) is 9.72. The highest BCUT2D eigenvalue weighted by Crippen LogP contribution is 2.33. The molecule has 0 heterocycles. The molecule has 1 aliphatic rings. The predicted octanol–water partition coefficient (Wildman–Crippen LogP) is 5.56. The average molecular weight is 374 g/mol. The molecule has 0 saturated heterocycles. The van der Waals surface area contributed by atoms with Crippen molar-refractivity contribution in [2.24, 2.45) is 5.92 Å². The molecule has 0 unspecified atom stereocenters. The number of hydrogen-bond acceptors (Lipinski definition) is 2. The van der Waals surface area contributed by atoms with Crippen molar-refractivity contribution in [1.82, 2.24) is 5.32 Å². The van der Waals surface area contributed by atoms with Gasteiger partial charge < -0.3 is 10.1 Å². The number of ether oxygens (including phenoxy) is 1. The Kier molecular flexibility index (Phi) is 8.64. The fraction of sp³-hybridized carbons (Fsp3) is 0.478. The molecular weight excluding hydrogens is 342 g/mol. The smallest absolute Gasteiger partial charge is 0.130 e. The quantitative estimate of drug-likeness (QED) is 0.550. The lowest BCUT2D eigenvalue weighted by atomic mass is 9.82. The summed E-state index contributed by atoms with van der Waals surface area (Å²) >= 11 is 0. The van der Waals surface area contributed by atoms with E-state index in [9.17, 15) is 0 Å². The van der Waals surface area contributed by atoms with E-state index in [1.54, 1.807) is 0 Å². The molecule has 2 aromatic carbocycles. The van der Waals surface area contributed by atoms with Crippen LogP contribution in [0.1, 0.15) is 49.7 Å². The second-order valence-electron chi connectivity index (χ2n) is 7.23. The number of rotatable bonds is 10. The van der Waals surface area contributed by atoms with E-state index in [4.69, 9.17) is 4.74 Å². The Bertz CT molecular complexity index is 573. The lowest BCUT2D eigenvalue weighted by molar-refractivity contribution is 0.0224. The number of methoxy groups -OCH3 is 1. The van der Waals surface area contributed by atoms with E-state index in [1.165, 1.54) is 49.7 Å².